The average Bonchev–Trinajstić information content (AvgIpc) is 2.94. The average molecular weight is 446 g/mol. The fourth-order valence-corrected chi connectivity index (χ4v) is 4.81. The van der Waals surface area contributed by atoms with Crippen LogP contribution in [0.25, 0.3) is 0 Å². The van der Waals surface area contributed by atoms with Crippen molar-refractivity contribution in [2.45, 2.75) is 71.8 Å². The minimum Gasteiger partial charge on any atom is -0.338 e. The highest BCUT2D eigenvalue weighted by Gasteiger charge is 2.24. The largest absolute Gasteiger partial charge is 0.338 e. The van der Waals surface area contributed by atoms with E-state index in [1.165, 1.54) is 16.7 Å². The molecule has 2 nitrogen and oxygen atoms in total. The van der Waals surface area contributed by atoms with Crippen molar-refractivity contribution in [3.8, 4) is 0 Å². The summed E-state index contributed by atoms with van der Waals surface area (Å²) in [5.74, 6) is 1.07. The van der Waals surface area contributed by atoms with Crippen molar-refractivity contribution in [3.63, 3.8) is 0 Å². The lowest BCUT2D eigenvalue weighted by Gasteiger charge is -2.25. The van der Waals surface area contributed by atoms with Crippen LogP contribution in [0.4, 0.5) is 0 Å². The van der Waals surface area contributed by atoms with Crippen molar-refractivity contribution in [2.75, 3.05) is 6.54 Å². The highest BCUT2D eigenvalue weighted by Crippen LogP contribution is 2.34. The predicted molar refractivity (Wildman–Crippen MR) is 128 cm³/mol. The standard InChI is InChI=1S/C26H33Cl2NO/c1-17(2)20-12-13-22-16-29(14-6-7-21(22)15-20)26(30)19(4)11-10-18(3)23-8-5-9-24(27)25(23)28/h5,8-9,12-13,15,17-19H,6-7,10-11,14,16H2,1-4H3. The smallest absolute Gasteiger partial charge is 0.225 e. The zero-order valence-electron chi connectivity index (χ0n) is 18.6. The molecule has 1 aliphatic rings. The first-order chi connectivity index (χ1) is 14.3. The number of carbonyl (C=O) groups excluding carboxylic acids is 1. The van der Waals surface area contributed by atoms with E-state index in [-0.39, 0.29) is 17.7 Å². The maximum absolute atomic E-state index is 13.2. The third-order valence-corrected chi connectivity index (χ3v) is 7.24. The van der Waals surface area contributed by atoms with Crippen molar-refractivity contribution in [1.82, 2.24) is 4.90 Å². The molecule has 0 saturated carbocycles. The summed E-state index contributed by atoms with van der Waals surface area (Å²) in [5.41, 5.74) is 5.16. The van der Waals surface area contributed by atoms with Crippen LogP contribution in [0.2, 0.25) is 10.0 Å². The van der Waals surface area contributed by atoms with E-state index in [1.807, 2.05) is 18.2 Å². The quantitative estimate of drug-likeness (QED) is 0.447. The van der Waals surface area contributed by atoms with Crippen molar-refractivity contribution < 1.29 is 4.79 Å². The lowest BCUT2D eigenvalue weighted by molar-refractivity contribution is -0.135. The molecule has 0 radical (unpaired) electrons. The molecule has 0 aromatic heterocycles. The molecule has 2 atom stereocenters. The van der Waals surface area contributed by atoms with Crippen molar-refractivity contribution in [2.24, 2.45) is 5.92 Å². The summed E-state index contributed by atoms with van der Waals surface area (Å²) < 4.78 is 0. The predicted octanol–water partition coefficient (Wildman–Crippen LogP) is 7.61. The lowest BCUT2D eigenvalue weighted by Crippen LogP contribution is -2.35. The Morgan fingerprint density at radius 2 is 1.80 bits per heavy atom. The van der Waals surface area contributed by atoms with Crippen LogP contribution in [0.3, 0.4) is 0 Å². The van der Waals surface area contributed by atoms with E-state index in [2.05, 4.69) is 50.8 Å². The summed E-state index contributed by atoms with van der Waals surface area (Å²) in [7, 11) is 0. The number of halogens is 2. The summed E-state index contributed by atoms with van der Waals surface area (Å²) in [6, 6.07) is 12.6. The molecular formula is C26H33Cl2NO. The molecule has 3 rings (SSSR count). The molecule has 2 aromatic rings. The maximum atomic E-state index is 13.2. The number of rotatable bonds is 6. The number of aryl methyl sites for hydroxylation is 1. The molecule has 1 aliphatic heterocycles. The van der Waals surface area contributed by atoms with Crippen LogP contribution in [0, 0.1) is 5.92 Å². The zero-order valence-corrected chi connectivity index (χ0v) is 20.1. The van der Waals surface area contributed by atoms with Gasteiger partial charge in [-0.05, 0) is 65.8 Å². The summed E-state index contributed by atoms with van der Waals surface area (Å²) >= 11 is 12.5. The number of carbonyl (C=O) groups is 1. The molecule has 0 bridgehead atoms. The third kappa shape index (κ3) is 5.39. The van der Waals surface area contributed by atoms with E-state index >= 15 is 0 Å². The number of hydrogen-bond acceptors (Lipinski definition) is 1. The van der Waals surface area contributed by atoms with Crippen LogP contribution in [-0.4, -0.2) is 17.4 Å². The Hall–Kier alpha value is -1.51. The fourth-order valence-electron chi connectivity index (χ4n) is 4.32. The highest BCUT2D eigenvalue weighted by molar-refractivity contribution is 6.42. The van der Waals surface area contributed by atoms with E-state index in [0.29, 0.717) is 16.0 Å². The first kappa shape index (κ1) is 23.2. The Kier molecular flexibility index (Phi) is 7.87. The molecule has 0 N–H and O–H groups in total. The molecule has 2 unspecified atom stereocenters. The topological polar surface area (TPSA) is 20.3 Å². The maximum Gasteiger partial charge on any atom is 0.225 e. The van der Waals surface area contributed by atoms with Gasteiger partial charge >= 0.3 is 0 Å². The van der Waals surface area contributed by atoms with Gasteiger partial charge in [0.05, 0.1) is 10.0 Å². The molecular weight excluding hydrogens is 413 g/mol. The van der Waals surface area contributed by atoms with Crippen LogP contribution in [0.1, 0.15) is 81.0 Å². The lowest BCUT2D eigenvalue weighted by atomic mass is 9.91. The molecule has 2 aromatic carbocycles. The first-order valence-corrected chi connectivity index (χ1v) is 11.9. The monoisotopic (exact) mass is 445 g/mol. The van der Waals surface area contributed by atoms with Crippen LogP contribution in [-0.2, 0) is 17.8 Å². The fraction of sp³-hybridized carbons (Fsp3) is 0.500. The third-order valence-electron chi connectivity index (χ3n) is 6.41. The van der Waals surface area contributed by atoms with Gasteiger partial charge in [-0.25, -0.2) is 0 Å². The van der Waals surface area contributed by atoms with E-state index in [0.717, 1.165) is 44.3 Å². The van der Waals surface area contributed by atoms with Gasteiger partial charge in [0.15, 0.2) is 0 Å². The van der Waals surface area contributed by atoms with Gasteiger partial charge in [-0.1, -0.05) is 81.2 Å². The minimum absolute atomic E-state index is 0.00176. The molecule has 30 heavy (non-hydrogen) atoms. The van der Waals surface area contributed by atoms with Crippen LogP contribution >= 0.6 is 23.2 Å². The number of fused-ring (bicyclic) bond motifs is 1. The number of hydrogen-bond donors (Lipinski definition) is 0. The second kappa shape index (κ2) is 10.2. The van der Waals surface area contributed by atoms with Gasteiger partial charge in [0.25, 0.3) is 0 Å². The number of benzene rings is 2. The molecule has 0 aliphatic carbocycles. The van der Waals surface area contributed by atoms with Gasteiger partial charge in [0, 0.05) is 19.0 Å². The summed E-state index contributed by atoms with van der Waals surface area (Å²) in [6.07, 6.45) is 3.84. The zero-order chi connectivity index (χ0) is 21.8. The number of amides is 1. The highest BCUT2D eigenvalue weighted by atomic mass is 35.5. The van der Waals surface area contributed by atoms with Crippen molar-refractivity contribution in [1.29, 1.82) is 0 Å². The summed E-state index contributed by atoms with van der Waals surface area (Å²) in [4.78, 5) is 15.2. The molecule has 0 fully saturated rings. The van der Waals surface area contributed by atoms with Crippen molar-refractivity contribution >= 4 is 29.1 Å². The molecule has 1 amide bonds. The second-order valence-electron chi connectivity index (χ2n) is 9.07. The first-order valence-electron chi connectivity index (χ1n) is 11.1. The normalized spacial score (nSPS) is 16.2. The van der Waals surface area contributed by atoms with E-state index in [1.54, 1.807) is 0 Å². The Labute approximate surface area is 191 Å². The number of nitrogens with zero attached hydrogens (tertiary/aromatic N) is 1. The van der Waals surface area contributed by atoms with Gasteiger partial charge < -0.3 is 4.90 Å². The SMILES string of the molecule is CC(CCC(C)c1cccc(Cl)c1Cl)C(=O)N1CCCc2cc(C(C)C)ccc2C1. The van der Waals surface area contributed by atoms with Gasteiger partial charge in [-0.2, -0.15) is 0 Å². The van der Waals surface area contributed by atoms with Gasteiger partial charge in [0.2, 0.25) is 5.91 Å². The summed E-state index contributed by atoms with van der Waals surface area (Å²) in [5, 5.41) is 1.23. The minimum atomic E-state index is 0.00176. The van der Waals surface area contributed by atoms with E-state index < -0.39 is 0 Å². The Bertz CT molecular complexity index is 893. The molecule has 4 heteroatoms. The Morgan fingerprint density at radius 1 is 1.03 bits per heavy atom. The van der Waals surface area contributed by atoms with Crippen LogP contribution in [0.15, 0.2) is 36.4 Å². The second-order valence-corrected chi connectivity index (χ2v) is 9.85. The van der Waals surface area contributed by atoms with E-state index in [9.17, 15) is 4.79 Å². The molecule has 162 valence electrons. The van der Waals surface area contributed by atoms with Gasteiger partial charge in [0.1, 0.15) is 0 Å². The van der Waals surface area contributed by atoms with Crippen LogP contribution < -0.4 is 0 Å². The molecule has 0 saturated heterocycles. The van der Waals surface area contributed by atoms with Gasteiger partial charge in [-0.3, -0.25) is 4.79 Å². The Balaban J connectivity index is 1.62. The molecule has 1 heterocycles. The van der Waals surface area contributed by atoms with E-state index in [4.69, 9.17) is 23.2 Å². The van der Waals surface area contributed by atoms with Crippen molar-refractivity contribution in [3.05, 3.63) is 68.7 Å². The summed E-state index contributed by atoms with van der Waals surface area (Å²) in [6.45, 7) is 10.2. The Morgan fingerprint density at radius 3 is 2.53 bits per heavy atom. The van der Waals surface area contributed by atoms with Crippen LogP contribution in [0.5, 0.6) is 0 Å². The van der Waals surface area contributed by atoms with Gasteiger partial charge in [-0.15, -0.1) is 0 Å². The molecule has 0 spiro atoms.